The maximum atomic E-state index is 10.8. The van der Waals surface area contributed by atoms with Crippen molar-refractivity contribution >= 4 is 33.8 Å². The number of hydrogen-bond acceptors (Lipinski definition) is 3. The van der Waals surface area contributed by atoms with Crippen molar-refractivity contribution in [2.45, 2.75) is 0 Å². The maximum Gasteiger partial charge on any atom is 0.153 e. The highest BCUT2D eigenvalue weighted by molar-refractivity contribution is 9.10. The van der Waals surface area contributed by atoms with Gasteiger partial charge in [-0.15, -0.1) is 0 Å². The lowest BCUT2D eigenvalue weighted by Crippen LogP contribution is -1.91. The van der Waals surface area contributed by atoms with Crippen LogP contribution in [-0.2, 0) is 0 Å². The lowest BCUT2D eigenvalue weighted by molar-refractivity contribution is 0.112. The summed E-state index contributed by atoms with van der Waals surface area (Å²) < 4.78 is 6.35. The molecule has 0 fully saturated rings. The fourth-order valence-corrected chi connectivity index (χ4v) is 1.78. The summed E-state index contributed by atoms with van der Waals surface area (Å²) in [5.74, 6) is 0.942. The second kappa shape index (κ2) is 5.29. The first-order valence-electron chi connectivity index (χ1n) is 4.72. The molecule has 0 N–H and O–H groups in total. The molecular formula is C12H7BrClNO2. The van der Waals surface area contributed by atoms with Crippen LogP contribution in [0.4, 0.5) is 0 Å². The standard InChI is InChI=1S/C12H7BrClNO2/c13-9-3-11(6-15-5-9)17-12-4-10(14)2-1-8(12)7-16/h1-7H. The van der Waals surface area contributed by atoms with Gasteiger partial charge in [0.25, 0.3) is 0 Å². The lowest BCUT2D eigenvalue weighted by atomic mass is 10.2. The molecular weight excluding hydrogens is 305 g/mol. The summed E-state index contributed by atoms with van der Waals surface area (Å²) in [7, 11) is 0. The number of pyridine rings is 1. The second-order valence-electron chi connectivity index (χ2n) is 3.24. The number of rotatable bonds is 3. The number of carbonyl (C=O) groups excluding carboxylic acids is 1. The van der Waals surface area contributed by atoms with Crippen LogP contribution < -0.4 is 4.74 Å². The Labute approximate surface area is 112 Å². The first-order chi connectivity index (χ1) is 8.19. The van der Waals surface area contributed by atoms with Gasteiger partial charge in [0.2, 0.25) is 0 Å². The van der Waals surface area contributed by atoms with Gasteiger partial charge in [0.05, 0.1) is 11.8 Å². The number of halogens is 2. The third-order valence-corrected chi connectivity index (χ3v) is 2.68. The van der Waals surface area contributed by atoms with Gasteiger partial charge < -0.3 is 4.74 Å². The Morgan fingerprint density at radius 1 is 1.29 bits per heavy atom. The molecule has 0 bridgehead atoms. The van der Waals surface area contributed by atoms with Gasteiger partial charge in [-0.1, -0.05) is 11.6 Å². The summed E-state index contributed by atoms with van der Waals surface area (Å²) >= 11 is 9.14. The van der Waals surface area contributed by atoms with Crippen LogP contribution in [0.3, 0.4) is 0 Å². The molecule has 17 heavy (non-hydrogen) atoms. The zero-order valence-corrected chi connectivity index (χ0v) is 10.9. The molecule has 5 heteroatoms. The number of benzene rings is 1. The van der Waals surface area contributed by atoms with E-state index in [0.29, 0.717) is 22.1 Å². The number of nitrogens with zero attached hydrogens (tertiary/aromatic N) is 1. The molecule has 0 amide bonds. The zero-order valence-electron chi connectivity index (χ0n) is 8.56. The van der Waals surface area contributed by atoms with E-state index in [1.165, 1.54) is 0 Å². The zero-order chi connectivity index (χ0) is 12.3. The summed E-state index contributed by atoms with van der Waals surface area (Å²) in [6.45, 7) is 0. The van der Waals surface area contributed by atoms with E-state index < -0.39 is 0 Å². The van der Waals surface area contributed by atoms with Crippen molar-refractivity contribution in [2.75, 3.05) is 0 Å². The SMILES string of the molecule is O=Cc1ccc(Cl)cc1Oc1cncc(Br)c1. The van der Waals surface area contributed by atoms with Crippen LogP contribution >= 0.6 is 27.5 Å². The van der Waals surface area contributed by atoms with E-state index >= 15 is 0 Å². The van der Waals surface area contributed by atoms with Gasteiger partial charge in [-0.05, 0) is 34.1 Å². The van der Waals surface area contributed by atoms with E-state index in [-0.39, 0.29) is 0 Å². The molecule has 2 aromatic rings. The number of carbonyl (C=O) groups is 1. The van der Waals surface area contributed by atoms with Gasteiger partial charge in [-0.25, -0.2) is 0 Å². The molecule has 2 rings (SSSR count). The van der Waals surface area contributed by atoms with Crippen LogP contribution in [0.5, 0.6) is 11.5 Å². The van der Waals surface area contributed by atoms with Gasteiger partial charge >= 0.3 is 0 Å². The quantitative estimate of drug-likeness (QED) is 0.801. The van der Waals surface area contributed by atoms with Crippen molar-refractivity contribution in [1.82, 2.24) is 4.98 Å². The third-order valence-electron chi connectivity index (χ3n) is 2.01. The van der Waals surface area contributed by atoms with E-state index in [2.05, 4.69) is 20.9 Å². The highest BCUT2D eigenvalue weighted by atomic mass is 79.9. The van der Waals surface area contributed by atoms with Gasteiger partial charge in [0.1, 0.15) is 11.5 Å². The largest absolute Gasteiger partial charge is 0.455 e. The van der Waals surface area contributed by atoms with Gasteiger partial charge in [-0.2, -0.15) is 0 Å². The number of hydrogen-bond donors (Lipinski definition) is 0. The van der Waals surface area contributed by atoms with Crippen LogP contribution in [-0.4, -0.2) is 11.3 Å². The van der Waals surface area contributed by atoms with E-state index in [9.17, 15) is 4.79 Å². The fourth-order valence-electron chi connectivity index (χ4n) is 1.27. The Bertz CT molecular complexity index is 560. The highest BCUT2D eigenvalue weighted by Crippen LogP contribution is 2.28. The molecule has 0 aliphatic heterocycles. The molecule has 0 aliphatic rings. The van der Waals surface area contributed by atoms with Crippen LogP contribution in [0, 0.1) is 0 Å². The Hall–Kier alpha value is -1.39. The molecule has 86 valence electrons. The molecule has 0 saturated heterocycles. The van der Waals surface area contributed by atoms with E-state index in [1.54, 1.807) is 36.7 Å². The van der Waals surface area contributed by atoms with Gasteiger partial charge in [0.15, 0.2) is 6.29 Å². The Morgan fingerprint density at radius 2 is 2.12 bits per heavy atom. The number of aldehydes is 1. The summed E-state index contributed by atoms with van der Waals surface area (Å²) in [6.07, 6.45) is 3.92. The number of aromatic nitrogens is 1. The smallest absolute Gasteiger partial charge is 0.153 e. The average Bonchev–Trinajstić information content (AvgIpc) is 2.29. The summed E-state index contributed by atoms with van der Waals surface area (Å²) in [6, 6.07) is 6.59. The van der Waals surface area contributed by atoms with Crippen molar-refractivity contribution in [1.29, 1.82) is 0 Å². The predicted molar refractivity (Wildman–Crippen MR) is 68.9 cm³/mol. The fraction of sp³-hybridized carbons (Fsp3) is 0. The molecule has 0 aliphatic carbocycles. The van der Waals surface area contributed by atoms with Crippen molar-refractivity contribution in [3.63, 3.8) is 0 Å². The molecule has 1 aromatic carbocycles. The normalized spacial score (nSPS) is 10.0. The highest BCUT2D eigenvalue weighted by Gasteiger charge is 2.06. The van der Waals surface area contributed by atoms with Crippen LogP contribution in [0.2, 0.25) is 5.02 Å². The van der Waals surface area contributed by atoms with Crippen molar-refractivity contribution in [3.05, 3.63) is 51.7 Å². The topological polar surface area (TPSA) is 39.2 Å². The minimum atomic E-state index is 0.410. The molecule has 1 heterocycles. The molecule has 0 spiro atoms. The van der Waals surface area contributed by atoms with E-state index in [1.807, 2.05) is 0 Å². The summed E-state index contributed by atoms with van der Waals surface area (Å²) in [4.78, 5) is 14.8. The molecule has 0 saturated carbocycles. The number of ether oxygens (including phenoxy) is 1. The lowest BCUT2D eigenvalue weighted by Gasteiger charge is -2.08. The van der Waals surface area contributed by atoms with Gasteiger partial charge in [-0.3, -0.25) is 9.78 Å². The van der Waals surface area contributed by atoms with Crippen molar-refractivity contribution < 1.29 is 9.53 Å². The average molecular weight is 313 g/mol. The monoisotopic (exact) mass is 311 g/mol. The van der Waals surface area contributed by atoms with E-state index in [4.69, 9.17) is 16.3 Å². The maximum absolute atomic E-state index is 10.8. The molecule has 0 atom stereocenters. The third kappa shape index (κ3) is 3.05. The van der Waals surface area contributed by atoms with Crippen LogP contribution in [0.1, 0.15) is 10.4 Å². The van der Waals surface area contributed by atoms with Crippen LogP contribution in [0.25, 0.3) is 0 Å². The molecule has 0 radical (unpaired) electrons. The molecule has 0 unspecified atom stereocenters. The molecule has 3 nitrogen and oxygen atoms in total. The predicted octanol–water partition coefficient (Wildman–Crippen LogP) is 4.10. The summed E-state index contributed by atoms with van der Waals surface area (Å²) in [5, 5.41) is 0.508. The van der Waals surface area contributed by atoms with E-state index in [0.717, 1.165) is 10.8 Å². The summed E-state index contributed by atoms with van der Waals surface area (Å²) in [5.41, 5.74) is 0.439. The van der Waals surface area contributed by atoms with Crippen LogP contribution in [0.15, 0.2) is 41.1 Å². The first kappa shape index (κ1) is 12.1. The van der Waals surface area contributed by atoms with Crippen molar-refractivity contribution in [3.8, 4) is 11.5 Å². The Balaban J connectivity index is 2.35. The molecule has 1 aromatic heterocycles. The Morgan fingerprint density at radius 3 is 2.82 bits per heavy atom. The Kier molecular flexibility index (Phi) is 3.76. The van der Waals surface area contributed by atoms with Crippen molar-refractivity contribution in [2.24, 2.45) is 0 Å². The minimum Gasteiger partial charge on any atom is -0.455 e. The first-order valence-corrected chi connectivity index (χ1v) is 5.89. The van der Waals surface area contributed by atoms with Gasteiger partial charge in [0, 0.05) is 21.8 Å². The minimum absolute atomic E-state index is 0.410. The second-order valence-corrected chi connectivity index (χ2v) is 4.59.